The minimum Gasteiger partial charge on any atom is -0.464 e. The molecule has 1 unspecified atom stereocenters. The van der Waals surface area contributed by atoms with Gasteiger partial charge in [-0.2, -0.15) is 0 Å². The second-order valence-corrected chi connectivity index (χ2v) is 7.66. The Hall–Kier alpha value is -0.760. The second kappa shape index (κ2) is 4.62. The first-order valence-electron chi connectivity index (χ1n) is 8.48. The minimum absolute atomic E-state index is 0.427. The summed E-state index contributed by atoms with van der Waals surface area (Å²) in [5.41, 5.74) is 0.479. The van der Waals surface area contributed by atoms with Gasteiger partial charge in [-0.1, -0.05) is 6.92 Å². The summed E-state index contributed by atoms with van der Waals surface area (Å²) in [5.74, 6) is 5.31. The van der Waals surface area contributed by atoms with E-state index in [9.17, 15) is 0 Å². The average molecular weight is 273 g/mol. The van der Waals surface area contributed by atoms with Gasteiger partial charge in [0.25, 0.3) is 0 Å². The molecule has 4 bridgehead atoms. The predicted octanol–water partition coefficient (Wildman–Crippen LogP) is 4.32. The largest absolute Gasteiger partial charge is 0.464 e. The maximum atomic E-state index is 6.11. The van der Waals surface area contributed by atoms with E-state index in [0.29, 0.717) is 11.5 Å². The maximum Gasteiger partial charge on any atom is 0.121 e. The van der Waals surface area contributed by atoms with Crippen molar-refractivity contribution >= 4 is 0 Å². The second-order valence-electron chi connectivity index (χ2n) is 7.66. The molecular weight excluding hydrogens is 246 g/mol. The van der Waals surface area contributed by atoms with Crippen LogP contribution < -0.4 is 5.32 Å². The molecule has 4 saturated carbocycles. The lowest BCUT2D eigenvalue weighted by Crippen LogP contribution is -2.51. The average Bonchev–Trinajstić information content (AvgIpc) is 2.86. The number of aryl methyl sites for hydroxylation is 1. The van der Waals surface area contributed by atoms with Crippen molar-refractivity contribution < 1.29 is 4.42 Å². The Kier molecular flexibility index (Phi) is 2.99. The van der Waals surface area contributed by atoms with Crippen LogP contribution in [0.25, 0.3) is 0 Å². The van der Waals surface area contributed by atoms with Crippen LogP contribution in [0.15, 0.2) is 16.5 Å². The van der Waals surface area contributed by atoms with Crippen LogP contribution in [0.3, 0.4) is 0 Å². The molecule has 0 amide bonds. The Labute approximate surface area is 122 Å². The molecule has 1 N–H and O–H groups in total. The Balaban J connectivity index is 1.66. The topological polar surface area (TPSA) is 25.2 Å². The summed E-state index contributed by atoms with van der Waals surface area (Å²) < 4.78 is 6.11. The molecule has 4 aliphatic carbocycles. The van der Waals surface area contributed by atoms with Gasteiger partial charge in [0.05, 0.1) is 6.04 Å². The van der Waals surface area contributed by atoms with Crippen LogP contribution in [0.1, 0.15) is 63.0 Å². The van der Waals surface area contributed by atoms with E-state index in [2.05, 4.69) is 31.4 Å². The van der Waals surface area contributed by atoms with Crippen molar-refractivity contribution in [2.24, 2.45) is 23.2 Å². The van der Waals surface area contributed by atoms with Crippen LogP contribution in [0.4, 0.5) is 0 Å². The highest BCUT2D eigenvalue weighted by Crippen LogP contribution is 2.64. The molecule has 1 heterocycles. The zero-order valence-corrected chi connectivity index (χ0v) is 12.8. The fraction of sp³-hybridized carbons (Fsp3) is 0.778. The third-order valence-electron chi connectivity index (χ3n) is 6.30. The van der Waals surface area contributed by atoms with Gasteiger partial charge < -0.3 is 9.73 Å². The number of hydrogen-bond donors (Lipinski definition) is 1. The van der Waals surface area contributed by atoms with Crippen LogP contribution in [-0.2, 0) is 6.42 Å². The summed E-state index contributed by atoms with van der Waals surface area (Å²) in [6.45, 7) is 2.17. The van der Waals surface area contributed by atoms with Crippen molar-refractivity contribution in [1.82, 2.24) is 5.32 Å². The fourth-order valence-corrected chi connectivity index (χ4v) is 6.02. The predicted molar refractivity (Wildman–Crippen MR) is 80.5 cm³/mol. The van der Waals surface area contributed by atoms with Crippen molar-refractivity contribution in [2.75, 3.05) is 7.05 Å². The highest BCUT2D eigenvalue weighted by atomic mass is 16.3. The molecule has 2 nitrogen and oxygen atoms in total. The van der Waals surface area contributed by atoms with Gasteiger partial charge in [-0.15, -0.1) is 0 Å². The SMILES string of the molecule is CCc1ccc(C(NC)C23CC4CC(CC(C4)C2)C3)o1. The van der Waals surface area contributed by atoms with Crippen molar-refractivity contribution in [3.8, 4) is 0 Å². The van der Waals surface area contributed by atoms with Gasteiger partial charge in [0.15, 0.2) is 0 Å². The summed E-state index contributed by atoms with van der Waals surface area (Å²) in [6.07, 6.45) is 9.79. The van der Waals surface area contributed by atoms with E-state index < -0.39 is 0 Å². The monoisotopic (exact) mass is 273 g/mol. The van der Waals surface area contributed by atoms with Crippen molar-refractivity contribution in [3.63, 3.8) is 0 Å². The zero-order valence-electron chi connectivity index (χ0n) is 12.8. The highest BCUT2D eigenvalue weighted by Gasteiger charge is 2.54. The van der Waals surface area contributed by atoms with Gasteiger partial charge in [0, 0.05) is 6.42 Å². The van der Waals surface area contributed by atoms with Crippen LogP contribution >= 0.6 is 0 Å². The van der Waals surface area contributed by atoms with Gasteiger partial charge in [-0.25, -0.2) is 0 Å². The van der Waals surface area contributed by atoms with E-state index in [1.807, 2.05) is 0 Å². The lowest BCUT2D eigenvalue weighted by atomic mass is 9.47. The molecule has 1 atom stereocenters. The molecule has 0 spiro atoms. The van der Waals surface area contributed by atoms with E-state index >= 15 is 0 Å². The molecule has 0 radical (unpaired) electrons. The molecule has 0 saturated heterocycles. The number of nitrogens with one attached hydrogen (secondary N) is 1. The normalized spacial score (nSPS) is 40.2. The smallest absolute Gasteiger partial charge is 0.121 e. The van der Waals surface area contributed by atoms with Crippen LogP contribution in [0.2, 0.25) is 0 Å². The quantitative estimate of drug-likeness (QED) is 0.884. The summed E-state index contributed by atoms with van der Waals surface area (Å²) in [7, 11) is 2.12. The molecule has 1 aromatic heterocycles. The van der Waals surface area contributed by atoms with E-state index in [4.69, 9.17) is 4.42 Å². The molecule has 110 valence electrons. The van der Waals surface area contributed by atoms with Crippen molar-refractivity contribution in [3.05, 3.63) is 23.7 Å². The Bertz CT molecular complexity index is 454. The first-order chi connectivity index (χ1) is 9.72. The third-order valence-corrected chi connectivity index (χ3v) is 6.30. The molecular formula is C18H27NO. The highest BCUT2D eigenvalue weighted by molar-refractivity contribution is 5.17. The van der Waals surface area contributed by atoms with Crippen LogP contribution in [0, 0.1) is 23.2 Å². The fourth-order valence-electron chi connectivity index (χ4n) is 6.02. The molecule has 0 aromatic carbocycles. The molecule has 5 rings (SSSR count). The summed E-state index contributed by atoms with van der Waals surface area (Å²) >= 11 is 0. The molecule has 4 fully saturated rings. The molecule has 2 heteroatoms. The van der Waals surface area contributed by atoms with Crippen LogP contribution in [0.5, 0.6) is 0 Å². The Morgan fingerprint density at radius 3 is 2.20 bits per heavy atom. The molecule has 0 aliphatic heterocycles. The van der Waals surface area contributed by atoms with Crippen molar-refractivity contribution in [1.29, 1.82) is 0 Å². The molecule has 4 aliphatic rings. The molecule has 20 heavy (non-hydrogen) atoms. The lowest BCUT2D eigenvalue weighted by Gasteiger charge is -2.59. The van der Waals surface area contributed by atoms with Gasteiger partial charge in [0.2, 0.25) is 0 Å². The van der Waals surface area contributed by atoms with E-state index in [0.717, 1.165) is 29.9 Å². The van der Waals surface area contributed by atoms with Gasteiger partial charge in [-0.05, 0) is 80.9 Å². The first kappa shape index (κ1) is 12.9. The molecule has 1 aromatic rings. The van der Waals surface area contributed by atoms with E-state index in [1.54, 1.807) is 0 Å². The first-order valence-corrected chi connectivity index (χ1v) is 8.48. The van der Waals surface area contributed by atoms with Gasteiger partial charge in [-0.3, -0.25) is 0 Å². The summed E-state index contributed by atoms with van der Waals surface area (Å²) in [4.78, 5) is 0. The van der Waals surface area contributed by atoms with Crippen molar-refractivity contribution in [2.45, 2.75) is 57.9 Å². The van der Waals surface area contributed by atoms with E-state index in [1.165, 1.54) is 44.3 Å². The third kappa shape index (κ3) is 1.88. The van der Waals surface area contributed by atoms with Crippen LogP contribution in [-0.4, -0.2) is 7.05 Å². The number of rotatable bonds is 4. The van der Waals surface area contributed by atoms with Gasteiger partial charge in [0.1, 0.15) is 11.5 Å². The summed E-state index contributed by atoms with van der Waals surface area (Å²) in [6, 6.07) is 4.81. The standard InChI is InChI=1S/C18H27NO/c1-3-15-4-5-16(20-15)17(19-2)18-9-12-6-13(10-18)8-14(7-12)11-18/h4-5,12-14,17,19H,3,6-11H2,1-2H3. The number of furan rings is 1. The number of hydrogen-bond acceptors (Lipinski definition) is 2. The maximum absolute atomic E-state index is 6.11. The van der Waals surface area contributed by atoms with Gasteiger partial charge >= 0.3 is 0 Å². The Morgan fingerprint density at radius 1 is 1.15 bits per heavy atom. The van der Waals surface area contributed by atoms with E-state index in [-0.39, 0.29) is 0 Å². The zero-order chi connectivity index (χ0) is 13.7. The Morgan fingerprint density at radius 2 is 1.75 bits per heavy atom. The minimum atomic E-state index is 0.427. The summed E-state index contributed by atoms with van der Waals surface area (Å²) in [5, 5.41) is 3.62. The lowest BCUT2D eigenvalue weighted by molar-refractivity contribution is -0.0771.